The Morgan fingerprint density at radius 1 is 1.09 bits per heavy atom. The molecule has 1 heterocycles. The zero-order chi connectivity index (χ0) is 25.8. The molecule has 6 nitrogen and oxygen atoms in total. The lowest BCUT2D eigenvalue weighted by Gasteiger charge is -2.19. The maximum absolute atomic E-state index is 13.8. The van der Waals surface area contributed by atoms with E-state index in [1.807, 2.05) is 12.2 Å². The van der Waals surface area contributed by atoms with Gasteiger partial charge in [-0.3, -0.25) is 14.3 Å². The summed E-state index contributed by atoms with van der Waals surface area (Å²) in [5.41, 5.74) is -7.18. The van der Waals surface area contributed by atoms with E-state index in [0.29, 0.717) is 7.05 Å². The highest BCUT2D eigenvalue weighted by molar-refractivity contribution is 6.34. The fourth-order valence-corrected chi connectivity index (χ4v) is 3.35. The Morgan fingerprint density at radius 3 is 2.18 bits per heavy atom. The first-order valence-corrected chi connectivity index (χ1v) is 9.84. The van der Waals surface area contributed by atoms with Crippen molar-refractivity contribution in [2.75, 3.05) is 5.32 Å². The summed E-state index contributed by atoms with van der Waals surface area (Å²) in [5.74, 6) is -8.06. The number of aryl methyl sites for hydroxylation is 1. The first kappa shape index (κ1) is 25.7. The molecule has 2 amide bonds. The van der Waals surface area contributed by atoms with Gasteiger partial charge in [0.05, 0.1) is 10.6 Å². The van der Waals surface area contributed by atoms with Crippen LogP contribution in [0.3, 0.4) is 0 Å². The van der Waals surface area contributed by atoms with Gasteiger partial charge in [-0.05, 0) is 30.5 Å². The molecule has 0 bridgehead atoms. The van der Waals surface area contributed by atoms with Gasteiger partial charge in [0.2, 0.25) is 0 Å². The predicted octanol–water partition coefficient (Wildman–Crippen LogP) is 5.14. The molecule has 186 valence electrons. The number of amides is 2. The number of halogens is 9. The van der Waals surface area contributed by atoms with Gasteiger partial charge in [0.15, 0.2) is 5.69 Å². The molecule has 2 N–H and O–H groups in total. The van der Waals surface area contributed by atoms with Crippen LogP contribution in [-0.4, -0.2) is 33.8 Å². The van der Waals surface area contributed by atoms with Crippen LogP contribution in [0.25, 0.3) is 0 Å². The number of carbonyl (C=O) groups excluding carboxylic acids is 2. The molecular formula is C19H15ClF8N4O2. The molecule has 1 aromatic carbocycles. The molecule has 0 spiro atoms. The van der Waals surface area contributed by atoms with Gasteiger partial charge in [-0.1, -0.05) is 18.5 Å². The summed E-state index contributed by atoms with van der Waals surface area (Å²) in [7, 11) is 0.609. The van der Waals surface area contributed by atoms with E-state index in [0.717, 1.165) is 24.6 Å². The standard InChI is InChI=1S/C19H15ClF8N4O2/c1-7-5-11(7)30-15(33)9-6-8(3-4-10(9)20)29-16(34)13-12(18(23,24)25)14(31-32(13)2)17(21,22)19(26,27)28/h3-4,6-7,11H,5H2,1-2H3,(H,29,34)(H,30,33)/t7-,11-/m1/s1. The van der Waals surface area contributed by atoms with Crippen LogP contribution in [0.1, 0.15) is 45.4 Å². The van der Waals surface area contributed by atoms with Crippen LogP contribution in [0.4, 0.5) is 40.8 Å². The van der Waals surface area contributed by atoms with Crippen LogP contribution in [0, 0.1) is 5.92 Å². The lowest BCUT2D eigenvalue weighted by Crippen LogP contribution is -2.36. The van der Waals surface area contributed by atoms with Gasteiger partial charge >= 0.3 is 18.3 Å². The van der Waals surface area contributed by atoms with Crippen LogP contribution in [0.2, 0.25) is 5.02 Å². The minimum absolute atomic E-state index is 0.0227. The minimum Gasteiger partial charge on any atom is -0.349 e. The molecule has 1 saturated carbocycles. The van der Waals surface area contributed by atoms with Crippen molar-refractivity contribution < 1.29 is 44.7 Å². The normalized spacial score (nSPS) is 18.6. The SMILES string of the molecule is C[C@@H]1C[C@H]1NC(=O)c1cc(NC(=O)c2c(C(F)(F)F)c(C(F)(F)C(F)(F)F)nn2C)ccc1Cl. The van der Waals surface area contributed by atoms with E-state index in [1.165, 1.54) is 0 Å². The minimum atomic E-state index is -6.40. The molecule has 2 atom stereocenters. The summed E-state index contributed by atoms with van der Waals surface area (Å²) in [6.45, 7) is 1.88. The van der Waals surface area contributed by atoms with E-state index < -0.39 is 47.0 Å². The van der Waals surface area contributed by atoms with Crippen molar-refractivity contribution >= 4 is 29.1 Å². The number of rotatable bonds is 5. The maximum Gasteiger partial charge on any atom is 0.459 e. The fraction of sp³-hybridized carbons (Fsp3) is 0.421. The first-order valence-electron chi connectivity index (χ1n) is 9.46. The Labute approximate surface area is 191 Å². The van der Waals surface area contributed by atoms with Crippen molar-refractivity contribution in [2.24, 2.45) is 13.0 Å². The number of nitrogens with one attached hydrogen (secondary N) is 2. The number of aromatic nitrogens is 2. The smallest absolute Gasteiger partial charge is 0.349 e. The third-order valence-corrected chi connectivity index (χ3v) is 5.42. The van der Waals surface area contributed by atoms with Crippen LogP contribution < -0.4 is 10.6 Å². The Hall–Kier alpha value is -2.90. The second-order valence-electron chi connectivity index (χ2n) is 7.71. The lowest BCUT2D eigenvalue weighted by atomic mass is 10.1. The summed E-state index contributed by atoms with van der Waals surface area (Å²) in [5, 5.41) is 7.22. The highest BCUT2D eigenvalue weighted by atomic mass is 35.5. The summed E-state index contributed by atoms with van der Waals surface area (Å²) < 4.78 is 106. The molecular weight excluding hydrogens is 504 g/mol. The number of benzene rings is 1. The van der Waals surface area contributed by atoms with Crippen molar-refractivity contribution in [3.05, 3.63) is 45.7 Å². The monoisotopic (exact) mass is 518 g/mol. The third-order valence-electron chi connectivity index (χ3n) is 5.09. The van der Waals surface area contributed by atoms with E-state index in [2.05, 4.69) is 10.4 Å². The summed E-state index contributed by atoms with van der Waals surface area (Å²) in [6, 6.07) is 3.18. The maximum atomic E-state index is 13.8. The number of hydrogen-bond acceptors (Lipinski definition) is 3. The molecule has 1 fully saturated rings. The second-order valence-corrected chi connectivity index (χ2v) is 8.11. The molecule has 1 aliphatic rings. The van der Waals surface area contributed by atoms with Gasteiger partial charge < -0.3 is 10.6 Å². The molecule has 34 heavy (non-hydrogen) atoms. The van der Waals surface area contributed by atoms with Gasteiger partial charge in [-0.15, -0.1) is 0 Å². The molecule has 0 saturated heterocycles. The van der Waals surface area contributed by atoms with E-state index in [-0.39, 0.29) is 32.9 Å². The van der Waals surface area contributed by atoms with E-state index >= 15 is 0 Å². The molecule has 1 aliphatic carbocycles. The number of anilines is 1. The van der Waals surface area contributed by atoms with Crippen LogP contribution >= 0.6 is 11.6 Å². The number of hydrogen-bond donors (Lipinski definition) is 2. The molecule has 3 rings (SSSR count). The Balaban J connectivity index is 1.98. The molecule has 15 heteroatoms. The van der Waals surface area contributed by atoms with Gasteiger partial charge in [0.1, 0.15) is 11.3 Å². The van der Waals surface area contributed by atoms with Crippen LogP contribution in [-0.2, 0) is 19.1 Å². The van der Waals surface area contributed by atoms with Gasteiger partial charge in [-0.2, -0.15) is 40.2 Å². The molecule has 0 radical (unpaired) electrons. The van der Waals surface area contributed by atoms with Crippen molar-refractivity contribution in [3.63, 3.8) is 0 Å². The quantitative estimate of drug-likeness (QED) is 0.539. The number of alkyl halides is 8. The molecule has 0 unspecified atom stereocenters. The fourth-order valence-electron chi connectivity index (χ4n) is 3.14. The lowest BCUT2D eigenvalue weighted by molar-refractivity contribution is -0.292. The molecule has 2 aromatic rings. The summed E-state index contributed by atoms with van der Waals surface area (Å²) in [6.07, 6.45) is -11.4. The number of nitrogens with zero attached hydrogens (tertiary/aromatic N) is 2. The summed E-state index contributed by atoms with van der Waals surface area (Å²) >= 11 is 5.97. The summed E-state index contributed by atoms with van der Waals surface area (Å²) in [4.78, 5) is 24.9. The van der Waals surface area contributed by atoms with E-state index in [4.69, 9.17) is 11.6 Å². The van der Waals surface area contributed by atoms with Gasteiger partial charge in [0, 0.05) is 18.8 Å². The van der Waals surface area contributed by atoms with Gasteiger partial charge in [-0.25, -0.2) is 0 Å². The highest BCUT2D eigenvalue weighted by Gasteiger charge is 2.64. The molecule has 1 aromatic heterocycles. The van der Waals surface area contributed by atoms with E-state index in [1.54, 1.807) is 0 Å². The van der Waals surface area contributed by atoms with Crippen molar-refractivity contribution in [1.29, 1.82) is 0 Å². The highest BCUT2D eigenvalue weighted by Crippen LogP contribution is 2.48. The largest absolute Gasteiger partial charge is 0.459 e. The zero-order valence-corrected chi connectivity index (χ0v) is 18.0. The van der Waals surface area contributed by atoms with E-state index in [9.17, 15) is 44.7 Å². The van der Waals surface area contributed by atoms with Crippen molar-refractivity contribution in [2.45, 2.75) is 37.7 Å². The first-order chi connectivity index (χ1) is 15.4. The molecule has 0 aliphatic heterocycles. The second kappa shape index (κ2) is 8.40. The zero-order valence-electron chi connectivity index (χ0n) is 17.2. The van der Waals surface area contributed by atoms with Crippen LogP contribution in [0.5, 0.6) is 0 Å². The number of carbonyl (C=O) groups is 2. The average molecular weight is 519 g/mol. The van der Waals surface area contributed by atoms with Crippen LogP contribution in [0.15, 0.2) is 18.2 Å². The Morgan fingerprint density at radius 2 is 1.68 bits per heavy atom. The topological polar surface area (TPSA) is 76.0 Å². The van der Waals surface area contributed by atoms with Crippen molar-refractivity contribution in [3.8, 4) is 0 Å². The van der Waals surface area contributed by atoms with Crippen molar-refractivity contribution in [1.82, 2.24) is 15.1 Å². The predicted molar refractivity (Wildman–Crippen MR) is 103 cm³/mol. The average Bonchev–Trinajstić information content (AvgIpc) is 3.23. The Kier molecular flexibility index (Phi) is 6.35. The Bertz CT molecular complexity index is 1140. The van der Waals surface area contributed by atoms with Gasteiger partial charge in [0.25, 0.3) is 11.8 Å². The third kappa shape index (κ3) is 4.81.